The first-order valence-corrected chi connectivity index (χ1v) is 18.9. The summed E-state index contributed by atoms with van der Waals surface area (Å²) < 4.78 is 62.4. The second-order valence-corrected chi connectivity index (χ2v) is 14.6. The Balaban J connectivity index is 1.31. The third kappa shape index (κ3) is 10.1. The predicted molar refractivity (Wildman–Crippen MR) is 196 cm³/mol. The Morgan fingerprint density at radius 3 is 1.50 bits per heavy atom. The molecule has 1 aliphatic rings. The molecular formula is C42H42O9S. The molecule has 0 saturated carbocycles. The Morgan fingerprint density at radius 2 is 1.04 bits per heavy atom. The molecule has 0 unspecified atom stereocenters. The molecule has 1 heterocycles. The highest BCUT2D eigenvalue weighted by molar-refractivity contribution is 7.90. The molecule has 5 aromatic rings. The van der Waals surface area contributed by atoms with Gasteiger partial charge in [0.1, 0.15) is 36.8 Å². The van der Waals surface area contributed by atoms with Crippen LogP contribution in [0.4, 0.5) is 0 Å². The fourth-order valence-corrected chi connectivity index (χ4v) is 6.56. The number of carbonyl (C=O) groups excluding carboxylic acids is 1. The van der Waals surface area contributed by atoms with Gasteiger partial charge in [-0.3, -0.25) is 4.79 Å². The summed E-state index contributed by atoms with van der Waals surface area (Å²) in [6, 6.07) is 43.6. The molecule has 5 atom stereocenters. The third-order valence-corrected chi connectivity index (χ3v) is 9.75. The van der Waals surface area contributed by atoms with Crippen LogP contribution in [0, 0.1) is 0 Å². The second kappa shape index (κ2) is 17.6. The zero-order valence-corrected chi connectivity index (χ0v) is 29.9. The first kappa shape index (κ1) is 36.9. The maximum absolute atomic E-state index is 12.0. The van der Waals surface area contributed by atoms with Crippen LogP contribution in [0.25, 0.3) is 11.1 Å². The van der Waals surface area contributed by atoms with Gasteiger partial charge in [-0.2, -0.15) is 0 Å². The number of ether oxygens (including phenoxy) is 6. The van der Waals surface area contributed by atoms with Gasteiger partial charge in [0.2, 0.25) is 6.29 Å². The fourth-order valence-electron chi connectivity index (χ4n) is 5.93. The molecule has 1 aliphatic heterocycles. The average Bonchev–Trinajstić information content (AvgIpc) is 3.16. The van der Waals surface area contributed by atoms with Crippen LogP contribution in [0.1, 0.15) is 23.6 Å². The summed E-state index contributed by atoms with van der Waals surface area (Å²) >= 11 is 0. The Kier molecular flexibility index (Phi) is 12.5. The molecule has 0 N–H and O–H groups in total. The number of hydrogen-bond acceptors (Lipinski definition) is 9. The molecule has 0 amide bonds. The highest BCUT2D eigenvalue weighted by atomic mass is 32.2. The molecule has 0 radical (unpaired) electrons. The van der Waals surface area contributed by atoms with E-state index in [1.165, 1.54) is 13.2 Å². The molecule has 10 heteroatoms. The van der Waals surface area contributed by atoms with E-state index in [1.807, 2.05) is 115 Å². The number of rotatable bonds is 15. The first-order chi connectivity index (χ1) is 25.2. The summed E-state index contributed by atoms with van der Waals surface area (Å²) in [5.74, 6) is 0.0544. The van der Waals surface area contributed by atoms with Crippen molar-refractivity contribution in [1.29, 1.82) is 0 Å². The zero-order valence-electron chi connectivity index (χ0n) is 29.1. The van der Waals surface area contributed by atoms with Gasteiger partial charge in [0.25, 0.3) is 0 Å². The number of esters is 1. The standard InChI is InChI=1S/C42H42O9S/c1-30(43)46-29-38-39(47-26-31-12-6-3-7-13-31)40(48-27-32-14-8-4-9-15-32)41(49-28-33-16-10-5-11-17-33)42(51-38)50-36-22-18-34(19-23-36)35-20-24-37(25-21-35)52(2,44)45/h3-25,38-42H,26-29H2,1-2H3/t38-,39-,40+,41+,42+/m1/s1. The van der Waals surface area contributed by atoms with E-state index in [1.54, 1.807) is 24.3 Å². The summed E-state index contributed by atoms with van der Waals surface area (Å²) in [7, 11) is -3.31. The van der Waals surface area contributed by atoms with Gasteiger partial charge < -0.3 is 28.4 Å². The lowest BCUT2D eigenvalue weighted by atomic mass is 9.97. The second-order valence-electron chi connectivity index (χ2n) is 12.6. The van der Waals surface area contributed by atoms with Gasteiger partial charge in [-0.15, -0.1) is 0 Å². The molecule has 270 valence electrons. The minimum Gasteiger partial charge on any atom is -0.463 e. The van der Waals surface area contributed by atoms with Crippen molar-refractivity contribution in [2.75, 3.05) is 12.9 Å². The average molecular weight is 723 g/mol. The van der Waals surface area contributed by atoms with Crippen molar-refractivity contribution in [2.24, 2.45) is 0 Å². The number of sulfone groups is 1. The minimum absolute atomic E-state index is 0.0896. The van der Waals surface area contributed by atoms with Crippen LogP contribution < -0.4 is 4.74 Å². The van der Waals surface area contributed by atoms with E-state index >= 15 is 0 Å². The molecule has 6 rings (SSSR count). The van der Waals surface area contributed by atoms with Gasteiger partial charge in [-0.05, 0) is 52.1 Å². The predicted octanol–water partition coefficient (Wildman–Crippen LogP) is 7.18. The maximum atomic E-state index is 12.0. The van der Waals surface area contributed by atoms with Crippen molar-refractivity contribution >= 4 is 15.8 Å². The van der Waals surface area contributed by atoms with Crippen molar-refractivity contribution in [2.45, 2.75) is 62.3 Å². The van der Waals surface area contributed by atoms with E-state index in [-0.39, 0.29) is 31.3 Å². The molecule has 9 nitrogen and oxygen atoms in total. The van der Waals surface area contributed by atoms with Crippen molar-refractivity contribution in [1.82, 2.24) is 0 Å². The first-order valence-electron chi connectivity index (χ1n) is 17.1. The van der Waals surface area contributed by atoms with Crippen molar-refractivity contribution in [3.63, 3.8) is 0 Å². The zero-order chi connectivity index (χ0) is 36.3. The smallest absolute Gasteiger partial charge is 0.302 e. The molecule has 1 fully saturated rings. The molecule has 0 aromatic heterocycles. The van der Waals surface area contributed by atoms with Crippen LogP contribution >= 0.6 is 0 Å². The number of carbonyl (C=O) groups is 1. The fraction of sp³-hybridized carbons (Fsp3) is 0.262. The Bertz CT molecular complexity index is 1950. The molecule has 1 saturated heterocycles. The van der Waals surface area contributed by atoms with Gasteiger partial charge in [-0.1, -0.05) is 115 Å². The van der Waals surface area contributed by atoms with Crippen molar-refractivity contribution in [3.8, 4) is 16.9 Å². The van der Waals surface area contributed by atoms with Crippen LogP contribution in [0.5, 0.6) is 5.75 Å². The summed E-state index contributed by atoms with van der Waals surface area (Å²) in [5.41, 5.74) is 4.61. The lowest BCUT2D eigenvalue weighted by Crippen LogP contribution is -2.62. The van der Waals surface area contributed by atoms with Gasteiger partial charge in [0.05, 0.1) is 24.7 Å². The molecule has 5 aromatic carbocycles. The van der Waals surface area contributed by atoms with Crippen LogP contribution in [0.2, 0.25) is 0 Å². The molecule has 0 spiro atoms. The van der Waals surface area contributed by atoms with Crippen LogP contribution in [-0.4, -0.2) is 58.0 Å². The number of hydrogen-bond donors (Lipinski definition) is 0. The molecule has 0 aliphatic carbocycles. The molecule has 0 bridgehead atoms. The summed E-state index contributed by atoms with van der Waals surface area (Å²) in [6.45, 7) is 2.04. The Hall–Kier alpha value is -4.84. The van der Waals surface area contributed by atoms with Gasteiger partial charge >= 0.3 is 5.97 Å². The van der Waals surface area contributed by atoms with Crippen molar-refractivity contribution < 1.29 is 41.6 Å². The van der Waals surface area contributed by atoms with Crippen molar-refractivity contribution in [3.05, 3.63) is 156 Å². The number of benzene rings is 5. The SMILES string of the molecule is CC(=O)OC[C@H]1O[C@H](Oc2ccc(-c3ccc(S(C)(=O)=O)cc3)cc2)[C@@H](OCc2ccccc2)[C@@H](OCc2ccccc2)[C@@H]1OCc1ccccc1. The van der Waals surface area contributed by atoms with E-state index in [4.69, 9.17) is 28.4 Å². The lowest BCUT2D eigenvalue weighted by molar-refractivity contribution is -0.308. The minimum atomic E-state index is -3.31. The summed E-state index contributed by atoms with van der Waals surface area (Å²) in [6.07, 6.45) is -2.75. The third-order valence-electron chi connectivity index (χ3n) is 8.62. The van der Waals surface area contributed by atoms with Crippen LogP contribution in [0.3, 0.4) is 0 Å². The van der Waals surface area contributed by atoms with E-state index < -0.39 is 46.5 Å². The highest BCUT2D eigenvalue weighted by Crippen LogP contribution is 2.33. The molecular weight excluding hydrogens is 681 g/mol. The Labute approximate surface area is 305 Å². The topological polar surface area (TPSA) is 107 Å². The quantitative estimate of drug-likeness (QED) is 0.104. The highest BCUT2D eigenvalue weighted by Gasteiger charge is 2.50. The van der Waals surface area contributed by atoms with Gasteiger partial charge in [0.15, 0.2) is 9.84 Å². The van der Waals surface area contributed by atoms with E-state index in [0.717, 1.165) is 27.8 Å². The largest absolute Gasteiger partial charge is 0.463 e. The van der Waals surface area contributed by atoms with E-state index in [2.05, 4.69) is 0 Å². The lowest BCUT2D eigenvalue weighted by Gasteiger charge is -2.45. The Morgan fingerprint density at radius 1 is 0.596 bits per heavy atom. The summed E-state index contributed by atoms with van der Waals surface area (Å²) in [4.78, 5) is 12.3. The van der Waals surface area contributed by atoms with Crippen LogP contribution in [-0.2, 0) is 58.1 Å². The van der Waals surface area contributed by atoms with E-state index in [9.17, 15) is 13.2 Å². The normalized spacial score (nSPS) is 20.2. The summed E-state index contributed by atoms with van der Waals surface area (Å²) in [5, 5.41) is 0. The molecule has 52 heavy (non-hydrogen) atoms. The van der Waals surface area contributed by atoms with Gasteiger partial charge in [0, 0.05) is 13.2 Å². The van der Waals surface area contributed by atoms with Gasteiger partial charge in [-0.25, -0.2) is 8.42 Å². The monoisotopic (exact) mass is 722 g/mol. The van der Waals surface area contributed by atoms with Crippen LogP contribution in [0.15, 0.2) is 144 Å². The van der Waals surface area contributed by atoms with E-state index in [0.29, 0.717) is 5.75 Å². The maximum Gasteiger partial charge on any atom is 0.302 e.